The number of aryl methyl sites for hydroxylation is 1. The number of hydrogen-bond acceptors (Lipinski definition) is 4. The topological polar surface area (TPSA) is 76.4 Å². The molecule has 0 aliphatic heterocycles. The van der Waals surface area contributed by atoms with Crippen LogP contribution in [0.2, 0.25) is 0 Å². The van der Waals surface area contributed by atoms with Crippen LogP contribution in [-0.2, 0) is 13.6 Å². The largest absolute Gasteiger partial charge is 0.486 e. The summed E-state index contributed by atoms with van der Waals surface area (Å²) in [6, 6.07) is 6.86. The van der Waals surface area contributed by atoms with Crippen LogP contribution in [0.15, 0.2) is 29.3 Å². The van der Waals surface area contributed by atoms with E-state index in [2.05, 4.69) is 20.8 Å². The molecule has 1 aliphatic carbocycles. The quantitative estimate of drug-likeness (QED) is 0.550. The Labute approximate surface area is 171 Å². The van der Waals surface area contributed by atoms with Gasteiger partial charge in [-0.05, 0) is 38.8 Å². The van der Waals surface area contributed by atoms with Gasteiger partial charge in [0.25, 0.3) is 0 Å². The first kappa shape index (κ1) is 21.1. The Morgan fingerprint density at radius 2 is 2.03 bits per heavy atom. The third kappa shape index (κ3) is 6.17. The van der Waals surface area contributed by atoms with Gasteiger partial charge in [0.05, 0.1) is 6.54 Å². The molecule has 1 fully saturated rings. The fourth-order valence-electron chi connectivity index (χ4n) is 3.37. The van der Waals surface area contributed by atoms with Gasteiger partial charge in [0, 0.05) is 13.1 Å². The highest BCUT2D eigenvalue weighted by atomic mass is 19.1. The van der Waals surface area contributed by atoms with Crippen molar-refractivity contribution in [2.24, 2.45) is 12.0 Å². The second kappa shape index (κ2) is 10.2. The molecule has 2 N–H and O–H groups in total. The van der Waals surface area contributed by atoms with Gasteiger partial charge in [-0.15, -0.1) is 10.2 Å². The number of ether oxygens (including phenoxy) is 1. The highest BCUT2D eigenvalue weighted by Gasteiger charge is 2.16. The van der Waals surface area contributed by atoms with Gasteiger partial charge in [0.15, 0.2) is 23.4 Å². The summed E-state index contributed by atoms with van der Waals surface area (Å²) < 4.78 is 21.5. The van der Waals surface area contributed by atoms with Gasteiger partial charge in [0.1, 0.15) is 18.5 Å². The van der Waals surface area contributed by atoms with Crippen molar-refractivity contribution < 1.29 is 9.13 Å². The Morgan fingerprint density at radius 3 is 2.72 bits per heavy atom. The smallest absolute Gasteiger partial charge is 0.192 e. The summed E-state index contributed by atoms with van der Waals surface area (Å²) in [5.74, 6) is 2.29. The van der Waals surface area contributed by atoms with Crippen LogP contribution >= 0.6 is 0 Å². The number of nitrogens with zero attached hydrogens (tertiary/aromatic N) is 4. The molecule has 8 heteroatoms. The van der Waals surface area contributed by atoms with Crippen LogP contribution in [-0.4, -0.2) is 39.4 Å². The number of guanidine groups is 1. The number of hydrogen-bond donors (Lipinski definition) is 2. The summed E-state index contributed by atoms with van der Waals surface area (Å²) in [6.07, 6.45) is 5.84. The second-order valence-corrected chi connectivity index (χ2v) is 7.61. The van der Waals surface area contributed by atoms with Gasteiger partial charge in [-0.1, -0.05) is 31.4 Å². The SMILES string of the molecule is Cc1nnc(CN=C(NCC(C)Oc2ccccc2F)NC2CCCCC2)n1C. The Kier molecular flexibility index (Phi) is 7.43. The molecular formula is C21H31FN6O. The lowest BCUT2D eigenvalue weighted by molar-refractivity contribution is 0.213. The van der Waals surface area contributed by atoms with E-state index in [1.807, 2.05) is 25.5 Å². The predicted molar refractivity (Wildman–Crippen MR) is 111 cm³/mol. The molecule has 1 aromatic carbocycles. The van der Waals surface area contributed by atoms with Gasteiger partial charge in [0.2, 0.25) is 0 Å². The van der Waals surface area contributed by atoms with Crippen LogP contribution in [0.25, 0.3) is 0 Å². The van der Waals surface area contributed by atoms with E-state index in [1.165, 1.54) is 25.3 Å². The summed E-state index contributed by atoms with van der Waals surface area (Å²) in [7, 11) is 1.94. The van der Waals surface area contributed by atoms with Crippen molar-refractivity contribution in [2.75, 3.05) is 6.54 Å². The summed E-state index contributed by atoms with van der Waals surface area (Å²) in [6.45, 7) is 4.76. The molecule has 0 spiro atoms. The minimum absolute atomic E-state index is 0.220. The number of aliphatic imine (C=N–C) groups is 1. The molecule has 1 saturated carbocycles. The zero-order valence-electron chi connectivity index (χ0n) is 17.5. The van der Waals surface area contributed by atoms with Crippen molar-refractivity contribution in [1.29, 1.82) is 0 Å². The maximum atomic E-state index is 13.8. The molecule has 0 radical (unpaired) electrons. The average molecular weight is 403 g/mol. The van der Waals surface area contributed by atoms with E-state index >= 15 is 0 Å². The first-order valence-corrected chi connectivity index (χ1v) is 10.3. The lowest BCUT2D eigenvalue weighted by atomic mass is 9.96. The first-order chi connectivity index (χ1) is 14.0. The zero-order chi connectivity index (χ0) is 20.6. The van der Waals surface area contributed by atoms with Crippen LogP contribution in [0, 0.1) is 12.7 Å². The molecule has 0 amide bonds. The van der Waals surface area contributed by atoms with Crippen LogP contribution in [0.5, 0.6) is 5.75 Å². The summed E-state index contributed by atoms with van der Waals surface area (Å²) in [4.78, 5) is 4.70. The molecule has 1 heterocycles. The second-order valence-electron chi connectivity index (χ2n) is 7.61. The van der Waals surface area contributed by atoms with Crippen molar-refractivity contribution in [3.63, 3.8) is 0 Å². The summed E-state index contributed by atoms with van der Waals surface area (Å²) in [5.41, 5.74) is 0. The van der Waals surface area contributed by atoms with E-state index < -0.39 is 0 Å². The minimum atomic E-state index is -0.355. The lowest BCUT2D eigenvalue weighted by Gasteiger charge is -2.26. The van der Waals surface area contributed by atoms with Crippen LogP contribution in [0.4, 0.5) is 4.39 Å². The normalized spacial score (nSPS) is 16.5. The molecule has 0 bridgehead atoms. The van der Waals surface area contributed by atoms with Crippen molar-refractivity contribution in [3.8, 4) is 5.75 Å². The van der Waals surface area contributed by atoms with E-state index in [1.54, 1.807) is 18.2 Å². The van der Waals surface area contributed by atoms with Gasteiger partial charge in [-0.3, -0.25) is 0 Å². The van der Waals surface area contributed by atoms with Crippen LogP contribution in [0.3, 0.4) is 0 Å². The first-order valence-electron chi connectivity index (χ1n) is 10.3. The average Bonchev–Trinajstić information content (AvgIpc) is 3.04. The number of rotatable bonds is 7. The van der Waals surface area contributed by atoms with E-state index in [4.69, 9.17) is 9.73 Å². The van der Waals surface area contributed by atoms with Gasteiger partial charge < -0.3 is 19.9 Å². The molecule has 2 aromatic rings. The molecule has 1 aromatic heterocycles. The van der Waals surface area contributed by atoms with Gasteiger partial charge >= 0.3 is 0 Å². The highest BCUT2D eigenvalue weighted by molar-refractivity contribution is 5.80. The molecule has 158 valence electrons. The Morgan fingerprint density at radius 1 is 1.28 bits per heavy atom. The molecule has 1 atom stereocenters. The predicted octanol–water partition coefficient (Wildman–Crippen LogP) is 3.10. The number of halogens is 1. The summed E-state index contributed by atoms with van der Waals surface area (Å²) in [5, 5.41) is 15.1. The van der Waals surface area contributed by atoms with Gasteiger partial charge in [-0.2, -0.15) is 0 Å². The highest BCUT2D eigenvalue weighted by Crippen LogP contribution is 2.18. The van der Waals surface area contributed by atoms with Crippen LogP contribution < -0.4 is 15.4 Å². The Balaban J connectivity index is 1.61. The maximum absolute atomic E-state index is 13.8. The van der Waals surface area contributed by atoms with Crippen molar-refractivity contribution >= 4 is 5.96 Å². The third-order valence-electron chi connectivity index (χ3n) is 5.23. The molecule has 29 heavy (non-hydrogen) atoms. The lowest BCUT2D eigenvalue weighted by Crippen LogP contribution is -2.46. The molecule has 0 saturated heterocycles. The van der Waals surface area contributed by atoms with E-state index in [0.717, 1.165) is 30.5 Å². The third-order valence-corrected chi connectivity index (χ3v) is 5.23. The van der Waals surface area contributed by atoms with Crippen molar-refractivity contribution in [1.82, 2.24) is 25.4 Å². The molecule has 3 rings (SSSR count). The minimum Gasteiger partial charge on any atom is -0.486 e. The fourth-order valence-corrected chi connectivity index (χ4v) is 3.37. The van der Waals surface area contributed by atoms with E-state index in [0.29, 0.717) is 19.1 Å². The fraction of sp³-hybridized carbons (Fsp3) is 0.571. The van der Waals surface area contributed by atoms with Crippen LogP contribution in [0.1, 0.15) is 50.7 Å². The Bertz CT molecular complexity index is 815. The number of nitrogens with one attached hydrogen (secondary N) is 2. The van der Waals surface area contributed by atoms with E-state index in [-0.39, 0.29) is 17.7 Å². The number of benzene rings is 1. The standard InChI is InChI=1S/C21H31FN6O/c1-15(29-19-12-8-7-11-18(19)22)13-23-21(25-17-9-5-4-6-10-17)24-14-20-27-26-16(2)28(20)3/h7-8,11-12,15,17H,4-6,9-10,13-14H2,1-3H3,(H2,23,24,25). The number of aromatic nitrogens is 3. The Hall–Kier alpha value is -2.64. The molecule has 1 unspecified atom stereocenters. The van der Waals surface area contributed by atoms with Gasteiger partial charge in [-0.25, -0.2) is 9.38 Å². The zero-order valence-corrected chi connectivity index (χ0v) is 17.5. The molecule has 1 aliphatic rings. The molecular weight excluding hydrogens is 371 g/mol. The molecule has 7 nitrogen and oxygen atoms in total. The number of para-hydroxylation sites is 1. The van der Waals surface area contributed by atoms with Crippen molar-refractivity contribution in [3.05, 3.63) is 41.7 Å². The maximum Gasteiger partial charge on any atom is 0.192 e. The van der Waals surface area contributed by atoms with E-state index in [9.17, 15) is 4.39 Å². The monoisotopic (exact) mass is 402 g/mol. The van der Waals surface area contributed by atoms with Crippen molar-refractivity contribution in [2.45, 2.75) is 64.6 Å². The summed E-state index contributed by atoms with van der Waals surface area (Å²) >= 11 is 0.